The Morgan fingerprint density at radius 3 is 2.94 bits per heavy atom. The monoisotopic (exact) mass is 265 g/mol. The first-order valence-electron chi connectivity index (χ1n) is 6.04. The number of sulfonamides is 1. The molecular formula is C12H15N3O2S. The highest BCUT2D eigenvalue weighted by Crippen LogP contribution is 2.30. The Balaban J connectivity index is 2.09. The van der Waals surface area contributed by atoms with E-state index in [0.29, 0.717) is 22.8 Å². The second-order valence-corrected chi connectivity index (χ2v) is 6.18. The highest BCUT2D eigenvalue weighted by molar-refractivity contribution is 7.90. The molecule has 5 nitrogen and oxygen atoms in total. The van der Waals surface area contributed by atoms with E-state index in [2.05, 4.69) is 4.40 Å². The van der Waals surface area contributed by atoms with Crippen molar-refractivity contribution >= 4 is 15.9 Å². The Bertz CT molecular complexity index is 610. The largest absolute Gasteiger partial charge is 0.351 e. The smallest absolute Gasteiger partial charge is 0.285 e. The highest BCUT2D eigenvalue weighted by Gasteiger charge is 2.35. The highest BCUT2D eigenvalue weighted by atomic mass is 32.2. The van der Waals surface area contributed by atoms with Crippen LogP contribution in [0.2, 0.25) is 0 Å². The van der Waals surface area contributed by atoms with Gasteiger partial charge in [-0.1, -0.05) is 12.1 Å². The summed E-state index contributed by atoms with van der Waals surface area (Å²) in [7, 11) is -3.52. The van der Waals surface area contributed by atoms with E-state index in [1.54, 1.807) is 12.1 Å². The minimum Gasteiger partial charge on any atom is -0.351 e. The molecular weight excluding hydrogens is 250 g/mol. The molecule has 1 fully saturated rings. The van der Waals surface area contributed by atoms with Crippen LogP contribution in [0, 0.1) is 0 Å². The topological polar surface area (TPSA) is 75.8 Å². The van der Waals surface area contributed by atoms with E-state index in [9.17, 15) is 8.42 Å². The van der Waals surface area contributed by atoms with Crippen LogP contribution in [0.4, 0.5) is 0 Å². The molecule has 0 unspecified atom stereocenters. The van der Waals surface area contributed by atoms with Crippen LogP contribution < -0.4 is 5.73 Å². The van der Waals surface area contributed by atoms with Gasteiger partial charge in [0, 0.05) is 24.7 Å². The van der Waals surface area contributed by atoms with Gasteiger partial charge in [-0.05, 0) is 25.0 Å². The van der Waals surface area contributed by atoms with E-state index in [-0.39, 0.29) is 6.04 Å². The van der Waals surface area contributed by atoms with E-state index >= 15 is 0 Å². The first-order valence-corrected chi connectivity index (χ1v) is 7.48. The molecule has 1 aromatic rings. The predicted octanol–water partition coefficient (Wildman–Crippen LogP) is 0.559. The van der Waals surface area contributed by atoms with Crippen molar-refractivity contribution in [3.05, 3.63) is 29.8 Å². The van der Waals surface area contributed by atoms with Gasteiger partial charge in [0.05, 0.1) is 0 Å². The number of nitrogens with zero attached hydrogens (tertiary/aromatic N) is 2. The maximum Gasteiger partial charge on any atom is 0.285 e. The first kappa shape index (κ1) is 11.7. The molecule has 96 valence electrons. The Morgan fingerprint density at radius 1 is 1.39 bits per heavy atom. The summed E-state index contributed by atoms with van der Waals surface area (Å²) >= 11 is 0. The molecule has 1 atom stereocenters. The molecule has 0 aromatic heterocycles. The summed E-state index contributed by atoms with van der Waals surface area (Å²) in [6, 6.07) is 7.17. The van der Waals surface area contributed by atoms with Gasteiger partial charge in [0.1, 0.15) is 4.90 Å². The molecule has 0 bridgehead atoms. The van der Waals surface area contributed by atoms with Crippen molar-refractivity contribution in [2.45, 2.75) is 23.8 Å². The van der Waals surface area contributed by atoms with Crippen molar-refractivity contribution in [2.24, 2.45) is 10.1 Å². The summed E-state index contributed by atoms with van der Waals surface area (Å²) in [6.07, 6.45) is 2.03. The lowest BCUT2D eigenvalue weighted by molar-refractivity contribution is 0.397. The molecule has 0 amide bonds. The van der Waals surface area contributed by atoms with Gasteiger partial charge in [-0.2, -0.15) is 8.42 Å². The Morgan fingerprint density at radius 2 is 2.17 bits per heavy atom. The van der Waals surface area contributed by atoms with E-state index in [4.69, 9.17) is 5.73 Å². The molecule has 0 radical (unpaired) electrons. The van der Waals surface area contributed by atoms with Gasteiger partial charge in [-0.15, -0.1) is 4.40 Å². The van der Waals surface area contributed by atoms with E-state index in [1.807, 2.05) is 17.0 Å². The third-order valence-electron chi connectivity index (χ3n) is 3.53. The van der Waals surface area contributed by atoms with E-state index in [0.717, 1.165) is 19.4 Å². The molecule has 0 saturated carbocycles. The van der Waals surface area contributed by atoms with E-state index < -0.39 is 10.0 Å². The Hall–Kier alpha value is -1.40. The Labute approximate surface area is 106 Å². The number of hydrogen-bond acceptors (Lipinski definition) is 4. The molecule has 2 aliphatic heterocycles. The van der Waals surface area contributed by atoms with E-state index in [1.165, 1.54) is 0 Å². The lowest BCUT2D eigenvalue weighted by atomic mass is 10.1. The van der Waals surface area contributed by atoms with Gasteiger partial charge in [0.25, 0.3) is 10.0 Å². The minimum absolute atomic E-state index is 0.199. The maximum absolute atomic E-state index is 12.0. The molecule has 18 heavy (non-hydrogen) atoms. The molecule has 2 N–H and O–H groups in total. The van der Waals surface area contributed by atoms with Crippen LogP contribution in [-0.4, -0.2) is 38.3 Å². The molecule has 3 rings (SSSR count). The number of fused-ring (bicyclic) bond motifs is 1. The Kier molecular flexibility index (Phi) is 2.64. The van der Waals surface area contributed by atoms with Gasteiger partial charge in [-0.3, -0.25) is 0 Å². The number of rotatable bonds is 1. The van der Waals surface area contributed by atoms with Crippen molar-refractivity contribution in [1.82, 2.24) is 4.90 Å². The quantitative estimate of drug-likeness (QED) is 0.805. The number of hydrogen-bond donors (Lipinski definition) is 1. The van der Waals surface area contributed by atoms with Crippen molar-refractivity contribution < 1.29 is 8.42 Å². The van der Waals surface area contributed by atoms with Crippen LogP contribution in [0.1, 0.15) is 18.4 Å². The number of benzene rings is 1. The molecule has 6 heteroatoms. The van der Waals surface area contributed by atoms with Gasteiger partial charge in [0.15, 0.2) is 5.84 Å². The average molecular weight is 265 g/mol. The molecule has 1 aromatic carbocycles. The maximum atomic E-state index is 12.0. The van der Waals surface area contributed by atoms with Gasteiger partial charge < -0.3 is 10.6 Å². The minimum atomic E-state index is -3.52. The third kappa shape index (κ3) is 1.64. The standard InChI is InChI=1S/C12H15N3O2S/c13-8-9-4-3-7-15(9)12-10-5-1-2-6-11(10)18(16,17)14-12/h1-2,5-6,9H,3-4,7-8,13H2/t9-/m0/s1. The lowest BCUT2D eigenvalue weighted by Crippen LogP contribution is -2.39. The van der Waals surface area contributed by atoms with Crippen molar-refractivity contribution in [2.75, 3.05) is 13.1 Å². The second kappa shape index (κ2) is 4.07. The van der Waals surface area contributed by atoms with Gasteiger partial charge in [-0.25, -0.2) is 0 Å². The molecule has 2 heterocycles. The normalized spacial score (nSPS) is 25.1. The fraction of sp³-hybridized carbons (Fsp3) is 0.417. The fourth-order valence-corrected chi connectivity index (χ4v) is 3.87. The number of nitrogens with two attached hydrogens (primary N) is 1. The summed E-state index contributed by atoms with van der Waals surface area (Å²) in [5.74, 6) is 0.568. The van der Waals surface area contributed by atoms with Gasteiger partial charge in [0.2, 0.25) is 0 Å². The van der Waals surface area contributed by atoms with Gasteiger partial charge >= 0.3 is 0 Å². The zero-order valence-electron chi connectivity index (χ0n) is 9.91. The predicted molar refractivity (Wildman–Crippen MR) is 68.9 cm³/mol. The summed E-state index contributed by atoms with van der Waals surface area (Å²) in [5.41, 5.74) is 6.44. The van der Waals surface area contributed by atoms with Crippen LogP contribution in [0.3, 0.4) is 0 Å². The van der Waals surface area contributed by atoms with Crippen molar-refractivity contribution in [1.29, 1.82) is 0 Å². The summed E-state index contributed by atoms with van der Waals surface area (Å²) in [6.45, 7) is 1.35. The van der Waals surface area contributed by atoms with Crippen LogP contribution in [0.25, 0.3) is 0 Å². The van der Waals surface area contributed by atoms with Crippen LogP contribution in [-0.2, 0) is 10.0 Å². The van der Waals surface area contributed by atoms with Crippen LogP contribution in [0.5, 0.6) is 0 Å². The molecule has 0 aliphatic carbocycles. The van der Waals surface area contributed by atoms with Crippen LogP contribution >= 0.6 is 0 Å². The summed E-state index contributed by atoms with van der Waals surface area (Å²) < 4.78 is 27.9. The van der Waals surface area contributed by atoms with Crippen LogP contribution in [0.15, 0.2) is 33.6 Å². The zero-order valence-corrected chi connectivity index (χ0v) is 10.7. The van der Waals surface area contributed by atoms with Crippen molar-refractivity contribution in [3.8, 4) is 0 Å². The zero-order chi connectivity index (χ0) is 12.8. The van der Waals surface area contributed by atoms with Crippen molar-refractivity contribution in [3.63, 3.8) is 0 Å². The first-order chi connectivity index (χ1) is 8.63. The number of amidine groups is 1. The average Bonchev–Trinajstić information content (AvgIpc) is 2.92. The molecule has 1 saturated heterocycles. The lowest BCUT2D eigenvalue weighted by Gasteiger charge is -2.25. The third-order valence-corrected chi connectivity index (χ3v) is 4.86. The molecule has 2 aliphatic rings. The second-order valence-electron chi connectivity index (χ2n) is 4.61. The molecule has 0 spiro atoms. The fourth-order valence-electron chi connectivity index (χ4n) is 2.66. The SMILES string of the molecule is NC[C@@H]1CCCN1C1=NS(=O)(=O)c2ccccc21. The number of likely N-dealkylation sites (tertiary alicyclic amines) is 1. The summed E-state index contributed by atoms with van der Waals surface area (Å²) in [4.78, 5) is 2.34. The summed E-state index contributed by atoms with van der Waals surface area (Å²) in [5, 5.41) is 0.